The number of nitrogens with zero attached hydrogens (tertiary/aromatic N) is 1. The van der Waals surface area contributed by atoms with Crippen LogP contribution in [-0.4, -0.2) is 30.1 Å². The molecule has 1 aliphatic rings. The number of hydrogen-bond acceptors (Lipinski definition) is 3. The van der Waals surface area contributed by atoms with E-state index in [2.05, 4.69) is 13.0 Å². The number of amides is 1. The number of piperidine rings is 1. The maximum absolute atomic E-state index is 11.9. The average molecular weight is 262 g/mol. The Morgan fingerprint density at radius 2 is 2.26 bits per heavy atom. The van der Waals surface area contributed by atoms with E-state index in [0.29, 0.717) is 13.2 Å². The summed E-state index contributed by atoms with van der Waals surface area (Å²) in [4.78, 5) is 13.6. The van der Waals surface area contributed by atoms with Crippen molar-refractivity contribution in [2.45, 2.75) is 39.3 Å². The van der Waals surface area contributed by atoms with Crippen molar-refractivity contribution >= 4 is 6.09 Å². The summed E-state index contributed by atoms with van der Waals surface area (Å²) in [7, 11) is 0. The fourth-order valence-corrected chi connectivity index (χ4v) is 2.41. The molecule has 1 aromatic carbocycles. The fourth-order valence-electron chi connectivity index (χ4n) is 2.41. The van der Waals surface area contributed by atoms with Crippen LogP contribution in [0.2, 0.25) is 0 Å². The third-order valence-corrected chi connectivity index (χ3v) is 3.57. The fraction of sp³-hybridized carbons (Fsp3) is 0.533. The Labute approximate surface area is 114 Å². The van der Waals surface area contributed by atoms with Crippen LogP contribution in [0.25, 0.3) is 0 Å². The van der Waals surface area contributed by atoms with Gasteiger partial charge in [-0.1, -0.05) is 23.8 Å². The van der Waals surface area contributed by atoms with Crippen LogP contribution in [-0.2, 0) is 11.3 Å². The number of likely N-dealkylation sites (tertiary alicyclic amines) is 1. The summed E-state index contributed by atoms with van der Waals surface area (Å²) in [6, 6.07) is 6.23. The Hall–Kier alpha value is -1.55. The van der Waals surface area contributed by atoms with Crippen molar-refractivity contribution in [1.82, 2.24) is 4.90 Å². The molecular weight excluding hydrogens is 240 g/mol. The van der Waals surface area contributed by atoms with Crippen LogP contribution in [0, 0.1) is 13.8 Å². The second-order valence-corrected chi connectivity index (χ2v) is 5.33. The van der Waals surface area contributed by atoms with Gasteiger partial charge in [-0.3, -0.25) is 0 Å². The predicted molar refractivity (Wildman–Crippen MR) is 74.9 cm³/mol. The van der Waals surface area contributed by atoms with Gasteiger partial charge in [0, 0.05) is 19.1 Å². The van der Waals surface area contributed by atoms with Crippen molar-refractivity contribution in [2.24, 2.45) is 5.73 Å². The maximum atomic E-state index is 11.9. The molecule has 4 heteroatoms. The average Bonchev–Trinajstić information content (AvgIpc) is 2.37. The first kappa shape index (κ1) is 13.9. The molecule has 0 radical (unpaired) electrons. The SMILES string of the molecule is Cc1ccc(COC(=O)N2CCCC(N)C2)c(C)c1. The highest BCUT2D eigenvalue weighted by atomic mass is 16.6. The monoisotopic (exact) mass is 262 g/mol. The Kier molecular flexibility index (Phi) is 4.43. The largest absolute Gasteiger partial charge is 0.445 e. The van der Waals surface area contributed by atoms with E-state index in [0.717, 1.165) is 30.5 Å². The molecule has 2 N–H and O–H groups in total. The first-order valence-electron chi connectivity index (χ1n) is 6.79. The second-order valence-electron chi connectivity index (χ2n) is 5.33. The smallest absolute Gasteiger partial charge is 0.410 e. The zero-order valence-corrected chi connectivity index (χ0v) is 11.7. The van der Waals surface area contributed by atoms with Crippen LogP contribution < -0.4 is 5.73 Å². The van der Waals surface area contributed by atoms with Gasteiger partial charge in [0.1, 0.15) is 6.61 Å². The van der Waals surface area contributed by atoms with Gasteiger partial charge in [0.2, 0.25) is 0 Å². The molecule has 0 saturated carbocycles. The van der Waals surface area contributed by atoms with E-state index in [1.165, 1.54) is 5.56 Å². The Bertz CT molecular complexity index is 459. The highest BCUT2D eigenvalue weighted by Gasteiger charge is 2.22. The minimum atomic E-state index is -0.255. The molecule has 1 amide bonds. The number of aryl methyl sites for hydroxylation is 2. The molecule has 104 valence electrons. The number of ether oxygens (including phenoxy) is 1. The topological polar surface area (TPSA) is 55.6 Å². The molecule has 19 heavy (non-hydrogen) atoms. The number of nitrogens with two attached hydrogens (primary N) is 1. The van der Waals surface area contributed by atoms with Gasteiger partial charge in [-0.05, 0) is 37.8 Å². The number of carbonyl (C=O) groups is 1. The Morgan fingerprint density at radius 3 is 2.95 bits per heavy atom. The Balaban J connectivity index is 1.89. The summed E-state index contributed by atoms with van der Waals surface area (Å²) >= 11 is 0. The van der Waals surface area contributed by atoms with Gasteiger partial charge in [-0.25, -0.2) is 4.79 Å². The van der Waals surface area contributed by atoms with Crippen LogP contribution in [0.5, 0.6) is 0 Å². The lowest BCUT2D eigenvalue weighted by atomic mass is 10.1. The zero-order valence-electron chi connectivity index (χ0n) is 11.7. The molecule has 0 aliphatic carbocycles. The van der Waals surface area contributed by atoms with Crippen molar-refractivity contribution in [3.63, 3.8) is 0 Å². The molecule has 0 bridgehead atoms. The lowest BCUT2D eigenvalue weighted by Gasteiger charge is -2.29. The van der Waals surface area contributed by atoms with E-state index in [-0.39, 0.29) is 12.1 Å². The number of benzene rings is 1. The molecule has 2 rings (SSSR count). The number of rotatable bonds is 2. The minimum absolute atomic E-state index is 0.0856. The van der Waals surface area contributed by atoms with E-state index < -0.39 is 0 Å². The van der Waals surface area contributed by atoms with Crippen LogP contribution in [0.3, 0.4) is 0 Å². The third kappa shape index (κ3) is 3.70. The molecular formula is C15H22N2O2. The quantitative estimate of drug-likeness (QED) is 0.890. The first-order chi connectivity index (χ1) is 9.06. The zero-order chi connectivity index (χ0) is 13.8. The van der Waals surface area contributed by atoms with Gasteiger partial charge < -0.3 is 15.4 Å². The molecule has 0 aromatic heterocycles. The lowest BCUT2D eigenvalue weighted by molar-refractivity contribution is 0.0861. The highest BCUT2D eigenvalue weighted by molar-refractivity contribution is 5.67. The normalized spacial score (nSPS) is 19.3. The van der Waals surface area contributed by atoms with E-state index in [9.17, 15) is 4.79 Å². The van der Waals surface area contributed by atoms with E-state index in [4.69, 9.17) is 10.5 Å². The summed E-state index contributed by atoms with van der Waals surface area (Å²) in [5, 5.41) is 0. The van der Waals surface area contributed by atoms with Gasteiger partial charge in [-0.15, -0.1) is 0 Å². The predicted octanol–water partition coefficient (Wildman–Crippen LogP) is 2.36. The highest BCUT2D eigenvalue weighted by Crippen LogP contribution is 2.14. The van der Waals surface area contributed by atoms with Crippen molar-refractivity contribution < 1.29 is 9.53 Å². The summed E-state index contributed by atoms with van der Waals surface area (Å²) < 4.78 is 5.37. The van der Waals surface area contributed by atoms with Crippen LogP contribution >= 0.6 is 0 Å². The van der Waals surface area contributed by atoms with Crippen molar-refractivity contribution in [3.05, 3.63) is 34.9 Å². The van der Waals surface area contributed by atoms with Crippen LogP contribution in [0.1, 0.15) is 29.5 Å². The summed E-state index contributed by atoms with van der Waals surface area (Å²) in [5.74, 6) is 0. The van der Waals surface area contributed by atoms with E-state index >= 15 is 0 Å². The maximum Gasteiger partial charge on any atom is 0.410 e. The van der Waals surface area contributed by atoms with Crippen molar-refractivity contribution in [1.29, 1.82) is 0 Å². The van der Waals surface area contributed by atoms with E-state index in [1.54, 1.807) is 4.90 Å². The summed E-state index contributed by atoms with van der Waals surface area (Å²) in [6.45, 7) is 5.77. The second kappa shape index (κ2) is 6.06. The van der Waals surface area contributed by atoms with Crippen molar-refractivity contribution in [2.75, 3.05) is 13.1 Å². The van der Waals surface area contributed by atoms with Crippen molar-refractivity contribution in [3.8, 4) is 0 Å². The molecule has 1 fully saturated rings. The molecule has 1 saturated heterocycles. The third-order valence-electron chi connectivity index (χ3n) is 3.57. The molecule has 0 spiro atoms. The Morgan fingerprint density at radius 1 is 1.47 bits per heavy atom. The summed E-state index contributed by atoms with van der Waals surface area (Å²) in [6.07, 6.45) is 1.69. The molecule has 1 atom stereocenters. The first-order valence-corrected chi connectivity index (χ1v) is 6.79. The lowest BCUT2D eigenvalue weighted by Crippen LogP contribution is -2.45. The van der Waals surface area contributed by atoms with Crippen LogP contribution in [0.4, 0.5) is 4.79 Å². The van der Waals surface area contributed by atoms with Gasteiger partial charge >= 0.3 is 6.09 Å². The van der Waals surface area contributed by atoms with Crippen LogP contribution in [0.15, 0.2) is 18.2 Å². The molecule has 4 nitrogen and oxygen atoms in total. The summed E-state index contributed by atoms with van der Waals surface area (Å²) in [5.41, 5.74) is 9.29. The van der Waals surface area contributed by atoms with Gasteiger partial charge in [-0.2, -0.15) is 0 Å². The van der Waals surface area contributed by atoms with E-state index in [1.807, 2.05) is 19.1 Å². The molecule has 1 heterocycles. The standard InChI is InChI=1S/C15H22N2O2/c1-11-5-6-13(12(2)8-11)10-19-15(18)17-7-3-4-14(16)9-17/h5-6,8,14H,3-4,7,9-10,16H2,1-2H3. The molecule has 1 unspecified atom stereocenters. The molecule has 1 aliphatic heterocycles. The van der Waals surface area contributed by atoms with Gasteiger partial charge in [0.05, 0.1) is 0 Å². The minimum Gasteiger partial charge on any atom is -0.445 e. The van der Waals surface area contributed by atoms with Gasteiger partial charge in [0.25, 0.3) is 0 Å². The number of carbonyl (C=O) groups excluding carboxylic acids is 1. The number of hydrogen-bond donors (Lipinski definition) is 1. The molecule has 1 aromatic rings. The van der Waals surface area contributed by atoms with Gasteiger partial charge in [0.15, 0.2) is 0 Å².